The fourth-order valence-electron chi connectivity index (χ4n) is 1.50. The Balaban J connectivity index is 3.01. The van der Waals surface area contributed by atoms with E-state index in [-0.39, 0.29) is 17.3 Å². The first-order valence-corrected chi connectivity index (χ1v) is 5.37. The summed E-state index contributed by atoms with van der Waals surface area (Å²) >= 11 is 0. The van der Waals surface area contributed by atoms with Crippen LogP contribution < -0.4 is 21.9 Å². The van der Waals surface area contributed by atoms with Crippen LogP contribution in [-0.2, 0) is 0 Å². The number of aromatic amines is 1. The van der Waals surface area contributed by atoms with Crippen molar-refractivity contribution in [2.45, 2.75) is 26.3 Å². The van der Waals surface area contributed by atoms with Crippen LogP contribution in [0.15, 0.2) is 11.1 Å². The van der Waals surface area contributed by atoms with Crippen molar-refractivity contribution in [1.82, 2.24) is 9.97 Å². The number of hydrogen-bond acceptors (Lipinski definition) is 5. The van der Waals surface area contributed by atoms with Gasteiger partial charge in [0.05, 0.1) is 6.33 Å². The minimum atomic E-state index is -0.302. The Kier molecular flexibility index (Phi) is 4.30. The maximum absolute atomic E-state index is 11.4. The van der Waals surface area contributed by atoms with E-state index in [9.17, 15) is 4.79 Å². The summed E-state index contributed by atoms with van der Waals surface area (Å²) in [5, 5.41) is 0. The van der Waals surface area contributed by atoms with Gasteiger partial charge in [0.2, 0.25) is 0 Å². The number of nitrogens with zero attached hydrogens (tertiary/aromatic N) is 2. The molecule has 1 aromatic heterocycles. The molecule has 0 aliphatic carbocycles. The predicted octanol–water partition coefficient (Wildman–Crippen LogP) is -0.0843. The molecule has 0 saturated carbocycles. The van der Waals surface area contributed by atoms with Crippen molar-refractivity contribution in [3.05, 3.63) is 16.7 Å². The van der Waals surface area contributed by atoms with Gasteiger partial charge in [0.1, 0.15) is 5.69 Å². The molecule has 1 heterocycles. The Bertz CT molecular complexity index is 387. The van der Waals surface area contributed by atoms with Crippen LogP contribution in [0.4, 0.5) is 11.5 Å². The molecule has 1 aromatic rings. The summed E-state index contributed by atoms with van der Waals surface area (Å²) in [6.45, 7) is 5.40. The van der Waals surface area contributed by atoms with Crippen LogP contribution in [0.3, 0.4) is 0 Å². The van der Waals surface area contributed by atoms with Crippen LogP contribution in [-0.4, -0.2) is 29.1 Å². The maximum Gasteiger partial charge on any atom is 0.276 e. The zero-order chi connectivity index (χ0) is 12.1. The highest BCUT2D eigenvalue weighted by Gasteiger charge is 2.15. The minimum absolute atomic E-state index is 0.160. The van der Waals surface area contributed by atoms with E-state index >= 15 is 0 Å². The monoisotopic (exact) mass is 225 g/mol. The van der Waals surface area contributed by atoms with E-state index in [1.54, 1.807) is 0 Å². The van der Waals surface area contributed by atoms with Crippen molar-refractivity contribution < 1.29 is 0 Å². The van der Waals surface area contributed by atoms with Gasteiger partial charge in [-0.3, -0.25) is 4.79 Å². The molecule has 0 atom stereocenters. The van der Waals surface area contributed by atoms with Crippen LogP contribution in [0, 0.1) is 0 Å². The summed E-state index contributed by atoms with van der Waals surface area (Å²) in [5.74, 6) is 0.534. The Morgan fingerprint density at radius 1 is 1.56 bits per heavy atom. The lowest BCUT2D eigenvalue weighted by atomic mass is 10.2. The van der Waals surface area contributed by atoms with E-state index in [0.717, 1.165) is 13.0 Å². The van der Waals surface area contributed by atoms with Gasteiger partial charge in [-0.2, -0.15) is 0 Å². The second kappa shape index (κ2) is 5.50. The Hall–Kier alpha value is -1.56. The van der Waals surface area contributed by atoms with E-state index in [1.165, 1.54) is 6.33 Å². The van der Waals surface area contributed by atoms with Gasteiger partial charge < -0.3 is 21.4 Å². The number of H-pyrrole nitrogens is 1. The molecule has 0 aromatic carbocycles. The third-order valence-corrected chi connectivity index (χ3v) is 2.37. The number of aromatic nitrogens is 2. The minimum Gasteiger partial charge on any atom is -0.391 e. The van der Waals surface area contributed by atoms with Gasteiger partial charge in [-0.25, -0.2) is 4.98 Å². The first-order chi connectivity index (χ1) is 7.57. The molecule has 6 nitrogen and oxygen atoms in total. The van der Waals surface area contributed by atoms with Crippen molar-refractivity contribution in [2.24, 2.45) is 5.73 Å². The van der Waals surface area contributed by atoms with Gasteiger partial charge in [-0.05, 0) is 26.8 Å². The maximum atomic E-state index is 11.4. The molecular weight excluding hydrogens is 206 g/mol. The molecule has 0 amide bonds. The first-order valence-electron chi connectivity index (χ1n) is 5.37. The van der Waals surface area contributed by atoms with Gasteiger partial charge >= 0.3 is 0 Å². The molecule has 0 radical (unpaired) electrons. The predicted molar refractivity (Wildman–Crippen MR) is 65.4 cm³/mol. The van der Waals surface area contributed by atoms with Crippen LogP contribution in [0.2, 0.25) is 0 Å². The van der Waals surface area contributed by atoms with Gasteiger partial charge in [0, 0.05) is 12.6 Å². The smallest absolute Gasteiger partial charge is 0.276 e. The summed E-state index contributed by atoms with van der Waals surface area (Å²) < 4.78 is 0. The molecule has 0 spiro atoms. The SMILES string of the molecule is CC(C)N(CCCN)c1nc[nH]c(=O)c1N. The molecule has 0 fully saturated rings. The molecule has 1 rings (SSSR count). The number of nitrogens with one attached hydrogen (secondary N) is 1. The van der Waals surface area contributed by atoms with Gasteiger partial charge in [-0.15, -0.1) is 0 Å². The molecule has 0 aliphatic heterocycles. The summed E-state index contributed by atoms with van der Waals surface area (Å²) in [5.41, 5.74) is 11.0. The molecule has 0 bridgehead atoms. The topological polar surface area (TPSA) is 101 Å². The van der Waals surface area contributed by atoms with Crippen LogP contribution in [0.25, 0.3) is 0 Å². The number of nitrogens with two attached hydrogens (primary N) is 2. The summed E-state index contributed by atoms with van der Waals surface area (Å²) in [6.07, 6.45) is 2.21. The number of anilines is 2. The lowest BCUT2D eigenvalue weighted by Crippen LogP contribution is -2.35. The number of nitrogen functional groups attached to an aromatic ring is 1. The van der Waals surface area contributed by atoms with E-state index in [2.05, 4.69) is 9.97 Å². The standard InChI is InChI=1S/C10H19N5O/c1-7(2)15(5-3-4-11)9-8(12)10(16)14-6-13-9/h6-7H,3-5,11-12H2,1-2H3,(H,13,14,16). The number of hydrogen-bond donors (Lipinski definition) is 3. The van der Waals surface area contributed by atoms with Crippen molar-refractivity contribution >= 4 is 11.5 Å². The van der Waals surface area contributed by atoms with Crippen molar-refractivity contribution in [3.8, 4) is 0 Å². The molecule has 16 heavy (non-hydrogen) atoms. The second-order valence-corrected chi connectivity index (χ2v) is 3.90. The zero-order valence-corrected chi connectivity index (χ0v) is 9.73. The highest BCUT2D eigenvalue weighted by atomic mass is 16.1. The highest BCUT2D eigenvalue weighted by Crippen LogP contribution is 2.17. The fourth-order valence-corrected chi connectivity index (χ4v) is 1.50. The largest absolute Gasteiger partial charge is 0.391 e. The van der Waals surface area contributed by atoms with E-state index < -0.39 is 0 Å². The van der Waals surface area contributed by atoms with Crippen molar-refractivity contribution in [1.29, 1.82) is 0 Å². The van der Waals surface area contributed by atoms with E-state index in [1.807, 2.05) is 18.7 Å². The summed E-state index contributed by atoms with van der Waals surface area (Å²) in [7, 11) is 0. The van der Waals surface area contributed by atoms with Crippen LogP contribution in [0.5, 0.6) is 0 Å². The summed E-state index contributed by atoms with van der Waals surface area (Å²) in [6, 6.07) is 0.225. The zero-order valence-electron chi connectivity index (χ0n) is 9.73. The normalized spacial score (nSPS) is 10.8. The number of rotatable bonds is 5. The second-order valence-electron chi connectivity index (χ2n) is 3.90. The Labute approximate surface area is 94.7 Å². The molecule has 90 valence electrons. The molecule has 5 N–H and O–H groups in total. The highest BCUT2D eigenvalue weighted by molar-refractivity contribution is 5.61. The van der Waals surface area contributed by atoms with Crippen LogP contribution >= 0.6 is 0 Å². The Morgan fingerprint density at radius 2 is 2.25 bits per heavy atom. The van der Waals surface area contributed by atoms with Gasteiger partial charge in [0.25, 0.3) is 5.56 Å². The van der Waals surface area contributed by atoms with Crippen molar-refractivity contribution in [3.63, 3.8) is 0 Å². The molecule has 6 heteroatoms. The molecular formula is C10H19N5O. The molecule has 0 saturated heterocycles. The fraction of sp³-hybridized carbons (Fsp3) is 0.600. The summed E-state index contributed by atoms with van der Waals surface area (Å²) in [4.78, 5) is 19.9. The van der Waals surface area contributed by atoms with Crippen LogP contribution in [0.1, 0.15) is 20.3 Å². The van der Waals surface area contributed by atoms with Gasteiger partial charge in [-0.1, -0.05) is 0 Å². The molecule has 0 unspecified atom stereocenters. The lowest BCUT2D eigenvalue weighted by Gasteiger charge is -2.28. The lowest BCUT2D eigenvalue weighted by molar-refractivity contribution is 0.648. The van der Waals surface area contributed by atoms with E-state index in [4.69, 9.17) is 11.5 Å². The Morgan fingerprint density at radius 3 is 2.81 bits per heavy atom. The van der Waals surface area contributed by atoms with Gasteiger partial charge in [0.15, 0.2) is 5.82 Å². The average molecular weight is 225 g/mol. The third kappa shape index (κ3) is 2.73. The average Bonchev–Trinajstić information content (AvgIpc) is 2.24. The quantitative estimate of drug-likeness (QED) is 0.650. The molecule has 0 aliphatic rings. The van der Waals surface area contributed by atoms with E-state index in [0.29, 0.717) is 12.4 Å². The first kappa shape index (κ1) is 12.5. The van der Waals surface area contributed by atoms with Crippen molar-refractivity contribution in [2.75, 3.05) is 23.7 Å². The third-order valence-electron chi connectivity index (χ3n) is 2.37.